The quantitative estimate of drug-likeness (QED) is 0.725. The van der Waals surface area contributed by atoms with Gasteiger partial charge in [0.15, 0.2) is 23.2 Å². The van der Waals surface area contributed by atoms with Crippen molar-refractivity contribution in [3.63, 3.8) is 0 Å². The molecule has 4 rings (SSSR count). The van der Waals surface area contributed by atoms with Gasteiger partial charge < -0.3 is 9.64 Å². The number of likely N-dealkylation sites (tertiary alicyclic amines) is 1. The summed E-state index contributed by atoms with van der Waals surface area (Å²) in [5, 5.41) is 1.27. The van der Waals surface area contributed by atoms with Crippen LogP contribution in [0.3, 0.4) is 0 Å². The Hall–Kier alpha value is -2.61. The van der Waals surface area contributed by atoms with Crippen LogP contribution in [0.15, 0.2) is 35.7 Å². The highest BCUT2D eigenvalue weighted by Crippen LogP contribution is 2.34. The summed E-state index contributed by atoms with van der Waals surface area (Å²) in [5.74, 6) is 0.0333. The molecule has 1 aromatic rings. The summed E-state index contributed by atoms with van der Waals surface area (Å²) in [4.78, 5) is 42.1. The number of rotatable bonds is 4. The molecule has 1 fully saturated rings. The second kappa shape index (κ2) is 7.79. The zero-order valence-corrected chi connectivity index (χ0v) is 16.5. The Labute approximate surface area is 167 Å². The van der Waals surface area contributed by atoms with Crippen LogP contribution in [0.25, 0.3) is 0 Å². The van der Waals surface area contributed by atoms with E-state index in [0.29, 0.717) is 17.1 Å². The van der Waals surface area contributed by atoms with E-state index in [9.17, 15) is 14.4 Å². The maximum Gasteiger partial charge on any atom is 0.506 e. The molecule has 0 bridgehead atoms. The van der Waals surface area contributed by atoms with Crippen molar-refractivity contribution in [3.8, 4) is 5.75 Å². The van der Waals surface area contributed by atoms with Crippen molar-refractivity contribution in [2.24, 2.45) is 0 Å². The lowest BCUT2D eigenvalue weighted by molar-refractivity contribution is -0.417. The summed E-state index contributed by atoms with van der Waals surface area (Å²) in [7, 11) is 1.50. The highest BCUT2D eigenvalue weighted by atomic mass is 32.2. The number of carbonyl (C=O) groups is 3. The van der Waals surface area contributed by atoms with Gasteiger partial charge in [0.2, 0.25) is 0 Å². The number of methoxy groups -OCH3 is 1. The minimum absolute atomic E-state index is 0.0610. The molecule has 28 heavy (non-hydrogen) atoms. The first kappa shape index (κ1) is 18.7. The average Bonchev–Trinajstić information content (AvgIpc) is 3.22. The number of urea groups is 1. The first-order valence-electron chi connectivity index (χ1n) is 9.37. The van der Waals surface area contributed by atoms with Crippen LogP contribution in [0.4, 0.5) is 10.5 Å². The summed E-state index contributed by atoms with van der Waals surface area (Å²) < 4.78 is 6.79. The van der Waals surface area contributed by atoms with Gasteiger partial charge in [-0.1, -0.05) is 12.1 Å². The zero-order valence-electron chi connectivity index (χ0n) is 15.7. The van der Waals surface area contributed by atoms with E-state index in [4.69, 9.17) is 4.74 Å². The molecule has 146 valence electrons. The first-order valence-corrected chi connectivity index (χ1v) is 10.3. The Kier molecular flexibility index (Phi) is 5.21. The number of hydrogen-bond acceptors (Lipinski definition) is 5. The van der Waals surface area contributed by atoms with Crippen LogP contribution in [-0.4, -0.2) is 65.0 Å². The van der Waals surface area contributed by atoms with Crippen LogP contribution in [0, 0.1) is 0 Å². The molecule has 0 aromatic heterocycles. The van der Waals surface area contributed by atoms with Crippen molar-refractivity contribution in [1.29, 1.82) is 0 Å². The number of para-hydroxylation sites is 2. The third kappa shape index (κ3) is 3.22. The molecule has 8 heteroatoms. The van der Waals surface area contributed by atoms with Gasteiger partial charge in [-0.15, -0.1) is 16.7 Å². The van der Waals surface area contributed by atoms with Gasteiger partial charge >= 0.3 is 11.9 Å². The maximum atomic E-state index is 13.3. The number of imide groups is 1. The van der Waals surface area contributed by atoms with Gasteiger partial charge in [0.05, 0.1) is 7.11 Å². The first-order chi connectivity index (χ1) is 13.6. The summed E-state index contributed by atoms with van der Waals surface area (Å²) in [6.07, 6.45) is 4.86. The minimum atomic E-state index is -0.531. The molecule has 0 N–H and O–H groups in total. The van der Waals surface area contributed by atoms with Crippen molar-refractivity contribution in [2.75, 3.05) is 31.6 Å². The number of nitrogens with zero attached hydrogens (tertiary/aromatic N) is 3. The van der Waals surface area contributed by atoms with Gasteiger partial charge in [-0.2, -0.15) is 9.37 Å². The number of piperidine rings is 1. The highest BCUT2D eigenvalue weighted by Gasteiger charge is 2.51. The molecule has 4 amide bonds. The van der Waals surface area contributed by atoms with Crippen molar-refractivity contribution >= 4 is 41.0 Å². The summed E-state index contributed by atoms with van der Waals surface area (Å²) >= 11 is 1.35. The number of benzene rings is 1. The molecule has 0 aliphatic carbocycles. The molecule has 1 atom stereocenters. The molecular weight excluding hydrogens is 378 g/mol. The van der Waals surface area contributed by atoms with Gasteiger partial charge in [-0.25, -0.2) is 4.79 Å². The number of fused-ring (bicyclic) bond motifs is 1. The minimum Gasteiger partial charge on any atom is -0.492 e. The largest absolute Gasteiger partial charge is 0.506 e. The highest BCUT2D eigenvalue weighted by molar-refractivity contribution is 8.04. The molecule has 1 aromatic carbocycles. The molecule has 3 heterocycles. The van der Waals surface area contributed by atoms with Gasteiger partial charge in [-0.05, 0) is 42.9 Å². The fraction of sp³-hybridized carbons (Fsp3) is 0.400. The Morgan fingerprint density at radius 3 is 2.71 bits per heavy atom. The molecule has 0 saturated carbocycles. The lowest BCUT2D eigenvalue weighted by Crippen LogP contribution is -2.57. The van der Waals surface area contributed by atoms with E-state index in [1.54, 1.807) is 35.7 Å². The number of anilines is 1. The van der Waals surface area contributed by atoms with Crippen LogP contribution in [0.2, 0.25) is 0 Å². The average molecular weight is 400 g/mol. The van der Waals surface area contributed by atoms with Gasteiger partial charge in [0.25, 0.3) is 5.91 Å². The number of carbonyl (C=O) groups excluding carboxylic acids is 3. The molecule has 1 unspecified atom stereocenters. The van der Waals surface area contributed by atoms with Crippen LogP contribution in [0.1, 0.15) is 19.3 Å². The fourth-order valence-corrected chi connectivity index (χ4v) is 4.72. The Morgan fingerprint density at radius 2 is 1.96 bits per heavy atom. The van der Waals surface area contributed by atoms with Crippen molar-refractivity contribution in [2.45, 2.75) is 24.5 Å². The number of ether oxygens (including phenoxy) is 1. The van der Waals surface area contributed by atoms with Gasteiger partial charge in [0, 0.05) is 13.1 Å². The fourth-order valence-electron chi connectivity index (χ4n) is 3.78. The molecule has 3 aliphatic heterocycles. The van der Waals surface area contributed by atoms with Crippen LogP contribution in [-0.2, 0) is 9.59 Å². The number of thioether (sulfide) groups is 1. The molecule has 0 radical (unpaired) electrons. The van der Waals surface area contributed by atoms with Crippen molar-refractivity contribution in [1.82, 2.24) is 4.90 Å². The molecule has 0 spiro atoms. The van der Waals surface area contributed by atoms with E-state index in [2.05, 4.69) is 0 Å². The lowest BCUT2D eigenvalue weighted by Gasteiger charge is -2.28. The summed E-state index contributed by atoms with van der Waals surface area (Å²) in [6.45, 7) is 1.38. The smallest absolute Gasteiger partial charge is 0.492 e. The van der Waals surface area contributed by atoms with E-state index in [1.807, 2.05) is 4.90 Å². The van der Waals surface area contributed by atoms with E-state index < -0.39 is 11.3 Å². The SMILES string of the molecule is COc1ccccc1N1C(=O)C2SC=CC2=[N+](CC(=O)N2CCCCC2)C1=O. The molecular formula is C20H22N3O4S+. The predicted molar refractivity (Wildman–Crippen MR) is 107 cm³/mol. The lowest BCUT2D eigenvalue weighted by atomic mass is 10.1. The second-order valence-corrected chi connectivity index (χ2v) is 7.92. The third-order valence-electron chi connectivity index (χ3n) is 5.23. The van der Waals surface area contributed by atoms with Crippen LogP contribution in [0.5, 0.6) is 5.75 Å². The normalized spacial score (nSPS) is 22.0. The summed E-state index contributed by atoms with van der Waals surface area (Å²) in [6, 6.07) is 6.40. The molecule has 1 saturated heterocycles. The van der Waals surface area contributed by atoms with E-state index >= 15 is 0 Å². The van der Waals surface area contributed by atoms with E-state index in [-0.39, 0.29) is 18.4 Å². The number of hydrogen-bond donors (Lipinski definition) is 0. The van der Waals surface area contributed by atoms with Gasteiger partial charge in [0.1, 0.15) is 5.71 Å². The summed E-state index contributed by atoms with van der Waals surface area (Å²) in [5.41, 5.74) is 0.971. The monoisotopic (exact) mass is 400 g/mol. The standard InChI is InChI=1S/C20H22N3O4S/c1-27-16-8-4-3-7-14(16)23-19(25)18-15(9-12-28-18)22(20(23)26)13-17(24)21-10-5-2-6-11-21/h3-4,7-9,12,18H,2,5-6,10-11,13H2,1H3/q+1. The van der Waals surface area contributed by atoms with Crippen LogP contribution < -0.4 is 9.64 Å². The molecule has 7 nitrogen and oxygen atoms in total. The van der Waals surface area contributed by atoms with E-state index in [1.165, 1.54) is 23.4 Å². The van der Waals surface area contributed by atoms with Crippen molar-refractivity contribution in [3.05, 3.63) is 35.7 Å². The zero-order chi connectivity index (χ0) is 19.7. The van der Waals surface area contributed by atoms with Crippen molar-refractivity contribution < 1.29 is 23.7 Å². The van der Waals surface area contributed by atoms with Gasteiger partial charge in [-0.3, -0.25) is 4.79 Å². The topological polar surface area (TPSA) is 69.9 Å². The maximum absolute atomic E-state index is 13.3. The Bertz CT molecular complexity index is 889. The second-order valence-electron chi connectivity index (χ2n) is 6.90. The third-order valence-corrected chi connectivity index (χ3v) is 6.24. The predicted octanol–water partition coefficient (Wildman–Crippen LogP) is 2.26. The number of amides is 4. The Balaban J connectivity index is 1.69. The Morgan fingerprint density at radius 1 is 1.21 bits per heavy atom. The van der Waals surface area contributed by atoms with E-state index in [0.717, 1.165) is 37.3 Å². The molecule has 3 aliphatic rings. The van der Waals surface area contributed by atoms with Crippen LogP contribution >= 0.6 is 11.8 Å². The number of allylic oxidation sites excluding steroid dienone is 1.